The van der Waals surface area contributed by atoms with E-state index < -0.39 is 24.0 Å². The van der Waals surface area contributed by atoms with Gasteiger partial charge in [-0.3, -0.25) is 9.59 Å². The molecule has 0 aliphatic carbocycles. The smallest absolute Gasteiger partial charge is 0.475 e. The Hall–Kier alpha value is -3.42. The van der Waals surface area contributed by atoms with Gasteiger partial charge in [-0.15, -0.1) is 0 Å². The first-order valence-electron chi connectivity index (χ1n) is 12.3. The molecule has 2 amide bonds. The number of nitrogens with one attached hydrogen (secondary N) is 3. The molecular formula is C26H27Cl2F4N5O4. The summed E-state index contributed by atoms with van der Waals surface area (Å²) in [5.74, 6) is -3.49. The molecule has 0 radical (unpaired) electrons. The first-order valence-corrected chi connectivity index (χ1v) is 13.1. The topological polar surface area (TPSA) is 125 Å². The van der Waals surface area contributed by atoms with Crippen LogP contribution < -0.4 is 16.0 Å². The van der Waals surface area contributed by atoms with Crippen LogP contribution in [0.25, 0.3) is 11.0 Å². The van der Waals surface area contributed by atoms with Crippen LogP contribution in [0.15, 0.2) is 36.7 Å². The number of halogens is 6. The number of amides is 2. The lowest BCUT2D eigenvalue weighted by Crippen LogP contribution is -2.49. The number of rotatable bonds is 7. The number of aryl methyl sites for hydroxylation is 1. The molecule has 15 heteroatoms. The summed E-state index contributed by atoms with van der Waals surface area (Å²) in [6.45, 7) is 2.58. The fourth-order valence-electron chi connectivity index (χ4n) is 4.24. The Morgan fingerprint density at radius 2 is 1.88 bits per heavy atom. The summed E-state index contributed by atoms with van der Waals surface area (Å²) < 4.78 is 46.9. The van der Waals surface area contributed by atoms with Crippen molar-refractivity contribution in [3.8, 4) is 0 Å². The van der Waals surface area contributed by atoms with Crippen molar-refractivity contribution in [2.75, 3.05) is 6.54 Å². The second-order valence-corrected chi connectivity index (χ2v) is 10.4. The van der Waals surface area contributed by atoms with Crippen LogP contribution in [0.1, 0.15) is 24.5 Å². The highest BCUT2D eigenvalue weighted by atomic mass is 35.5. The van der Waals surface area contributed by atoms with Crippen LogP contribution >= 0.6 is 23.2 Å². The van der Waals surface area contributed by atoms with Crippen molar-refractivity contribution in [2.24, 2.45) is 13.0 Å². The lowest BCUT2D eigenvalue weighted by molar-refractivity contribution is -0.192. The minimum atomic E-state index is -5.08. The molecule has 0 spiro atoms. The van der Waals surface area contributed by atoms with Crippen LogP contribution in [0.4, 0.5) is 17.6 Å². The Kier molecular flexibility index (Phi) is 10.6. The molecule has 222 valence electrons. The molecule has 4 N–H and O–H groups in total. The largest absolute Gasteiger partial charge is 0.490 e. The van der Waals surface area contributed by atoms with Crippen molar-refractivity contribution in [3.05, 3.63) is 63.6 Å². The van der Waals surface area contributed by atoms with Gasteiger partial charge in [0, 0.05) is 31.4 Å². The van der Waals surface area contributed by atoms with Gasteiger partial charge in [-0.25, -0.2) is 14.2 Å². The fraction of sp³-hybridized carbons (Fsp3) is 0.385. The molecule has 2 aromatic heterocycles. The minimum absolute atomic E-state index is 0.0974. The average Bonchev–Trinajstić information content (AvgIpc) is 3.48. The van der Waals surface area contributed by atoms with Gasteiger partial charge in [-0.1, -0.05) is 29.3 Å². The van der Waals surface area contributed by atoms with Crippen LogP contribution in [0, 0.1) is 11.7 Å². The quantitative estimate of drug-likeness (QED) is 0.296. The van der Waals surface area contributed by atoms with E-state index in [2.05, 4.69) is 20.9 Å². The number of aliphatic carboxylic acids is 1. The number of benzene rings is 1. The van der Waals surface area contributed by atoms with Gasteiger partial charge >= 0.3 is 12.1 Å². The standard InChI is InChI=1S/C24H26Cl2FN5O2.C2HF3O2/c1-13(23(33)30-11-16-6-17-19(26)12-32(2)22(17)29-10-16)31-24(34)21-8-15(9-28-21)5-14-3-4-20(27)18(25)7-14;3-2(4,5)1(6)7/h3-4,6-7,10,12-13,15,21,28H,5,8-9,11H2,1-2H3,(H,30,33)(H,31,34);(H,6,7)/t13-,15-,21+;/m0./s1. The lowest BCUT2D eigenvalue weighted by atomic mass is 9.96. The number of fused-ring (bicyclic) bond motifs is 1. The maximum Gasteiger partial charge on any atom is 0.490 e. The molecule has 4 rings (SSSR count). The van der Waals surface area contributed by atoms with E-state index in [-0.39, 0.29) is 35.3 Å². The van der Waals surface area contributed by atoms with E-state index >= 15 is 0 Å². The molecule has 9 nitrogen and oxygen atoms in total. The summed E-state index contributed by atoms with van der Waals surface area (Å²) in [4.78, 5) is 38.5. The van der Waals surface area contributed by atoms with Crippen molar-refractivity contribution >= 4 is 52.0 Å². The van der Waals surface area contributed by atoms with E-state index in [1.807, 2.05) is 17.7 Å². The number of carbonyl (C=O) groups is 3. The first kappa shape index (κ1) is 32.1. The number of pyridine rings is 1. The van der Waals surface area contributed by atoms with E-state index in [0.717, 1.165) is 22.2 Å². The molecule has 0 bridgehead atoms. The summed E-state index contributed by atoms with van der Waals surface area (Å²) in [5.41, 5.74) is 2.51. The summed E-state index contributed by atoms with van der Waals surface area (Å²) in [7, 11) is 1.87. The molecule has 3 atom stereocenters. The molecule has 41 heavy (non-hydrogen) atoms. The van der Waals surface area contributed by atoms with E-state index in [0.29, 0.717) is 24.4 Å². The maximum absolute atomic E-state index is 13.4. The number of carboxylic acid groups (broad SMARTS) is 1. The van der Waals surface area contributed by atoms with Crippen molar-refractivity contribution in [2.45, 2.75) is 44.6 Å². The zero-order valence-corrected chi connectivity index (χ0v) is 23.4. The second-order valence-electron chi connectivity index (χ2n) is 9.57. The Morgan fingerprint density at radius 3 is 2.51 bits per heavy atom. The predicted molar refractivity (Wildman–Crippen MR) is 144 cm³/mol. The molecule has 1 saturated heterocycles. The van der Waals surface area contributed by atoms with Gasteiger partial charge in [0.25, 0.3) is 0 Å². The van der Waals surface area contributed by atoms with Crippen LogP contribution in [0.2, 0.25) is 10.0 Å². The second kappa shape index (κ2) is 13.5. The molecular weight excluding hydrogens is 593 g/mol. The molecule has 3 heterocycles. The Balaban J connectivity index is 0.000000587. The van der Waals surface area contributed by atoms with Crippen LogP contribution in [0.3, 0.4) is 0 Å². The number of carbonyl (C=O) groups excluding carboxylic acids is 2. The molecule has 1 fully saturated rings. The minimum Gasteiger partial charge on any atom is -0.475 e. The van der Waals surface area contributed by atoms with Crippen LogP contribution in [-0.4, -0.2) is 57.2 Å². The van der Waals surface area contributed by atoms with Crippen molar-refractivity contribution < 1.29 is 37.1 Å². The van der Waals surface area contributed by atoms with Crippen molar-refractivity contribution in [1.29, 1.82) is 0 Å². The normalized spacial score (nSPS) is 17.5. The predicted octanol–water partition coefficient (Wildman–Crippen LogP) is 3.99. The Morgan fingerprint density at radius 1 is 1.20 bits per heavy atom. The zero-order valence-electron chi connectivity index (χ0n) is 21.9. The highest BCUT2D eigenvalue weighted by Crippen LogP contribution is 2.25. The molecule has 1 aliphatic rings. The van der Waals surface area contributed by atoms with Gasteiger partial charge in [-0.05, 0) is 61.6 Å². The van der Waals surface area contributed by atoms with Gasteiger partial charge < -0.3 is 25.6 Å². The maximum atomic E-state index is 13.4. The van der Waals surface area contributed by atoms with Gasteiger partial charge in [-0.2, -0.15) is 13.2 Å². The average molecular weight is 620 g/mol. The number of nitrogens with zero attached hydrogens (tertiary/aromatic N) is 2. The van der Waals surface area contributed by atoms with E-state index in [1.54, 1.807) is 31.5 Å². The van der Waals surface area contributed by atoms with Gasteiger partial charge in [0.1, 0.15) is 17.5 Å². The third kappa shape index (κ3) is 8.78. The third-order valence-corrected chi connectivity index (χ3v) is 6.92. The van der Waals surface area contributed by atoms with Crippen LogP contribution in [-0.2, 0) is 34.4 Å². The van der Waals surface area contributed by atoms with Gasteiger partial charge in [0.15, 0.2) is 0 Å². The molecule has 0 unspecified atom stereocenters. The van der Waals surface area contributed by atoms with E-state index in [1.165, 1.54) is 6.07 Å². The summed E-state index contributed by atoms with van der Waals surface area (Å²) in [6, 6.07) is 5.50. The number of hydrogen-bond donors (Lipinski definition) is 4. The summed E-state index contributed by atoms with van der Waals surface area (Å²) in [5, 5.41) is 17.5. The molecule has 3 aromatic rings. The third-order valence-electron chi connectivity index (χ3n) is 6.33. The molecule has 1 aromatic carbocycles. The van der Waals surface area contributed by atoms with Gasteiger partial charge in [0.2, 0.25) is 11.8 Å². The summed E-state index contributed by atoms with van der Waals surface area (Å²) >= 11 is 12.1. The highest BCUT2D eigenvalue weighted by Gasteiger charge is 2.38. The van der Waals surface area contributed by atoms with Crippen molar-refractivity contribution in [1.82, 2.24) is 25.5 Å². The zero-order chi connectivity index (χ0) is 30.5. The SMILES string of the molecule is C[C@H](NC(=O)[C@H]1C[C@H](Cc2ccc(F)c(Cl)c2)CN1)C(=O)NCc1cnc2c(c1)c(Cl)cn2C.O=C(O)C(F)(F)F. The highest BCUT2D eigenvalue weighted by molar-refractivity contribution is 6.35. The Labute approximate surface area is 242 Å². The summed E-state index contributed by atoms with van der Waals surface area (Å²) in [6.07, 6.45) is -0.288. The first-order chi connectivity index (χ1) is 19.1. The number of hydrogen-bond acceptors (Lipinski definition) is 5. The number of carboxylic acids is 1. The lowest BCUT2D eigenvalue weighted by Gasteiger charge is -2.17. The number of alkyl halides is 3. The molecule has 0 saturated carbocycles. The van der Waals surface area contributed by atoms with Gasteiger partial charge in [0.05, 0.1) is 16.1 Å². The van der Waals surface area contributed by atoms with Crippen LogP contribution in [0.5, 0.6) is 0 Å². The van der Waals surface area contributed by atoms with E-state index in [4.69, 9.17) is 33.1 Å². The number of aromatic nitrogens is 2. The molecule has 1 aliphatic heterocycles. The fourth-order valence-corrected chi connectivity index (χ4v) is 4.73. The van der Waals surface area contributed by atoms with Crippen molar-refractivity contribution in [3.63, 3.8) is 0 Å². The van der Waals surface area contributed by atoms with E-state index in [9.17, 15) is 27.2 Å². The Bertz CT molecular complexity index is 1430. The monoisotopic (exact) mass is 619 g/mol.